The van der Waals surface area contributed by atoms with Gasteiger partial charge in [-0.2, -0.15) is 0 Å². The number of hydrogen-bond donors (Lipinski definition) is 2. The van der Waals surface area contributed by atoms with Gasteiger partial charge in [0.25, 0.3) is 5.91 Å². The number of amides is 2. The first-order valence-electron chi connectivity index (χ1n) is 9.45. The Morgan fingerprint density at radius 3 is 2.47 bits per heavy atom. The van der Waals surface area contributed by atoms with E-state index in [1.165, 1.54) is 0 Å². The summed E-state index contributed by atoms with van der Waals surface area (Å²) in [6, 6.07) is 10.7. The first-order valence-corrected chi connectivity index (χ1v) is 10.2. The fourth-order valence-electron chi connectivity index (χ4n) is 3.49. The van der Waals surface area contributed by atoms with Gasteiger partial charge in [0.05, 0.1) is 21.7 Å². The van der Waals surface area contributed by atoms with Crippen molar-refractivity contribution >= 4 is 40.7 Å². The van der Waals surface area contributed by atoms with Gasteiger partial charge in [-0.05, 0) is 35.7 Å². The Balaban J connectivity index is 1.86. The molecule has 30 heavy (non-hydrogen) atoms. The SMILES string of the molecule is CC(C)(C)C1(C(N)=O)C=CC(C(=O)Nc2ccc(Cl)c(-c3ccccn3)c2)=C(Cl)C1. The normalized spacial score (nSPS) is 19.0. The maximum Gasteiger partial charge on any atom is 0.256 e. The van der Waals surface area contributed by atoms with E-state index in [0.29, 0.717) is 32.6 Å². The molecule has 1 atom stereocenters. The van der Waals surface area contributed by atoms with Gasteiger partial charge < -0.3 is 11.1 Å². The number of nitrogens with two attached hydrogens (primary N) is 1. The molecule has 3 N–H and O–H groups in total. The van der Waals surface area contributed by atoms with Gasteiger partial charge in [-0.3, -0.25) is 14.6 Å². The van der Waals surface area contributed by atoms with Crippen LogP contribution in [-0.2, 0) is 9.59 Å². The van der Waals surface area contributed by atoms with Crippen molar-refractivity contribution in [3.63, 3.8) is 0 Å². The van der Waals surface area contributed by atoms with Crippen LogP contribution in [0.4, 0.5) is 5.69 Å². The summed E-state index contributed by atoms with van der Waals surface area (Å²) in [5, 5.41) is 3.66. The van der Waals surface area contributed by atoms with Crippen molar-refractivity contribution in [3.05, 3.63) is 70.4 Å². The number of pyridine rings is 1. The molecule has 156 valence electrons. The van der Waals surface area contributed by atoms with Gasteiger partial charge in [-0.15, -0.1) is 0 Å². The van der Waals surface area contributed by atoms with Crippen LogP contribution in [0.1, 0.15) is 27.2 Å². The number of rotatable bonds is 4. The third kappa shape index (κ3) is 4.13. The summed E-state index contributed by atoms with van der Waals surface area (Å²) in [4.78, 5) is 29.4. The average Bonchev–Trinajstić information content (AvgIpc) is 2.68. The largest absolute Gasteiger partial charge is 0.369 e. The molecule has 0 saturated carbocycles. The molecule has 0 aliphatic heterocycles. The molecule has 3 rings (SSSR count). The third-order valence-corrected chi connectivity index (χ3v) is 6.12. The molecule has 5 nitrogen and oxygen atoms in total. The molecule has 1 aromatic heterocycles. The van der Waals surface area contributed by atoms with Gasteiger partial charge in [-0.1, -0.05) is 62.2 Å². The molecule has 0 radical (unpaired) electrons. The lowest BCUT2D eigenvalue weighted by Gasteiger charge is -2.41. The summed E-state index contributed by atoms with van der Waals surface area (Å²) >= 11 is 12.8. The molecule has 2 amide bonds. The second kappa shape index (κ2) is 8.25. The van der Waals surface area contributed by atoms with Crippen molar-refractivity contribution in [2.75, 3.05) is 5.32 Å². The monoisotopic (exact) mass is 443 g/mol. The number of anilines is 1. The number of nitrogens with one attached hydrogen (secondary N) is 1. The van der Waals surface area contributed by atoms with Crippen molar-refractivity contribution in [3.8, 4) is 11.3 Å². The Morgan fingerprint density at radius 1 is 1.17 bits per heavy atom. The van der Waals surface area contributed by atoms with Crippen LogP contribution in [0.2, 0.25) is 5.02 Å². The molecular weight excluding hydrogens is 421 g/mol. The smallest absolute Gasteiger partial charge is 0.256 e. The predicted octanol–water partition coefficient (Wildman–Crippen LogP) is 5.31. The molecule has 7 heteroatoms. The zero-order valence-electron chi connectivity index (χ0n) is 17.0. The average molecular weight is 444 g/mol. The molecule has 1 unspecified atom stereocenters. The number of hydrogen-bond acceptors (Lipinski definition) is 3. The van der Waals surface area contributed by atoms with Gasteiger partial charge in [0.15, 0.2) is 0 Å². The molecule has 1 heterocycles. The summed E-state index contributed by atoms with van der Waals surface area (Å²) in [7, 11) is 0. The summed E-state index contributed by atoms with van der Waals surface area (Å²) in [6.07, 6.45) is 5.12. The molecule has 0 saturated heterocycles. The van der Waals surface area contributed by atoms with Crippen LogP contribution in [0.5, 0.6) is 0 Å². The van der Waals surface area contributed by atoms with E-state index in [4.69, 9.17) is 28.9 Å². The minimum absolute atomic E-state index is 0.173. The van der Waals surface area contributed by atoms with E-state index < -0.39 is 16.7 Å². The molecule has 0 fully saturated rings. The van der Waals surface area contributed by atoms with Gasteiger partial charge in [0.2, 0.25) is 5.91 Å². The number of carbonyl (C=O) groups is 2. The Morgan fingerprint density at radius 2 is 1.90 bits per heavy atom. The number of allylic oxidation sites excluding steroid dienone is 1. The summed E-state index contributed by atoms with van der Waals surface area (Å²) in [6.45, 7) is 5.76. The molecule has 0 bridgehead atoms. The highest BCUT2D eigenvalue weighted by Gasteiger charge is 2.47. The number of nitrogens with zero attached hydrogens (tertiary/aromatic N) is 1. The second-order valence-electron chi connectivity index (χ2n) is 8.28. The Bertz CT molecular complexity index is 1060. The van der Waals surface area contributed by atoms with Crippen LogP contribution in [0, 0.1) is 10.8 Å². The molecule has 0 spiro atoms. The first-order chi connectivity index (χ1) is 14.0. The first kappa shape index (κ1) is 22.1. The maximum absolute atomic E-state index is 12.9. The number of halogens is 2. The van der Waals surface area contributed by atoms with Gasteiger partial charge in [0.1, 0.15) is 0 Å². The van der Waals surface area contributed by atoms with Gasteiger partial charge in [-0.25, -0.2) is 0 Å². The van der Waals surface area contributed by atoms with Crippen LogP contribution < -0.4 is 11.1 Å². The quantitative estimate of drug-likeness (QED) is 0.670. The lowest BCUT2D eigenvalue weighted by atomic mass is 9.62. The highest BCUT2D eigenvalue weighted by molar-refractivity contribution is 6.34. The predicted molar refractivity (Wildman–Crippen MR) is 121 cm³/mol. The molecule has 1 aliphatic carbocycles. The van der Waals surface area contributed by atoms with Crippen molar-refractivity contribution in [2.45, 2.75) is 27.2 Å². The number of primary amides is 1. The van der Waals surface area contributed by atoms with Crippen LogP contribution in [0.3, 0.4) is 0 Å². The molecule has 1 aliphatic rings. The number of aromatic nitrogens is 1. The third-order valence-electron chi connectivity index (χ3n) is 5.45. The maximum atomic E-state index is 12.9. The van der Waals surface area contributed by atoms with E-state index >= 15 is 0 Å². The topological polar surface area (TPSA) is 85.1 Å². The number of carbonyl (C=O) groups excluding carboxylic acids is 2. The van der Waals surface area contributed by atoms with E-state index in [-0.39, 0.29) is 12.3 Å². The summed E-state index contributed by atoms with van der Waals surface area (Å²) < 4.78 is 0. The highest BCUT2D eigenvalue weighted by atomic mass is 35.5. The van der Waals surface area contributed by atoms with Crippen molar-refractivity contribution in [2.24, 2.45) is 16.6 Å². The summed E-state index contributed by atoms with van der Waals surface area (Å²) in [5.41, 5.74) is 6.53. The van der Waals surface area contributed by atoms with Crippen molar-refractivity contribution < 1.29 is 9.59 Å². The fraction of sp³-hybridized carbons (Fsp3) is 0.261. The van der Waals surface area contributed by atoms with Crippen LogP contribution in [-0.4, -0.2) is 16.8 Å². The van der Waals surface area contributed by atoms with Crippen LogP contribution in [0.25, 0.3) is 11.3 Å². The second-order valence-corrected chi connectivity index (χ2v) is 9.14. The van der Waals surface area contributed by atoms with Crippen molar-refractivity contribution in [1.29, 1.82) is 0 Å². The Labute approximate surface area is 186 Å². The standard InChI is InChI=1S/C23H23Cl2N3O2/c1-22(2,3)23(21(26)30)10-9-15(18(25)13-23)20(29)28-14-7-8-17(24)16(12-14)19-6-4-5-11-27-19/h4-12H,13H2,1-3H3,(H2,26,30)(H,28,29). The van der Waals surface area contributed by atoms with E-state index in [1.807, 2.05) is 39.0 Å². The Kier molecular flexibility index (Phi) is 6.06. The fourth-order valence-corrected chi connectivity index (χ4v) is 4.06. The van der Waals surface area contributed by atoms with Crippen LogP contribution in [0.15, 0.2) is 65.4 Å². The molecular formula is C23H23Cl2N3O2. The lowest BCUT2D eigenvalue weighted by Crippen LogP contribution is -2.46. The zero-order valence-corrected chi connectivity index (χ0v) is 18.5. The number of benzene rings is 1. The minimum atomic E-state index is -0.958. The van der Waals surface area contributed by atoms with E-state index in [0.717, 1.165) is 0 Å². The molecule has 2 aromatic rings. The lowest BCUT2D eigenvalue weighted by molar-refractivity contribution is -0.130. The van der Waals surface area contributed by atoms with Crippen molar-refractivity contribution in [1.82, 2.24) is 4.98 Å². The minimum Gasteiger partial charge on any atom is -0.369 e. The molecule has 1 aromatic carbocycles. The Hall–Kier alpha value is -2.63. The highest BCUT2D eigenvalue weighted by Crippen LogP contribution is 2.48. The van der Waals surface area contributed by atoms with Gasteiger partial charge >= 0.3 is 0 Å². The summed E-state index contributed by atoms with van der Waals surface area (Å²) in [5.74, 6) is -0.848. The van der Waals surface area contributed by atoms with E-state index in [9.17, 15) is 9.59 Å². The zero-order chi connectivity index (χ0) is 22.1. The van der Waals surface area contributed by atoms with Gasteiger partial charge in [0, 0.05) is 28.9 Å². The van der Waals surface area contributed by atoms with E-state index in [1.54, 1.807) is 36.5 Å². The van der Waals surface area contributed by atoms with E-state index in [2.05, 4.69) is 10.3 Å². The van der Waals surface area contributed by atoms with Crippen LogP contribution >= 0.6 is 23.2 Å².